The van der Waals surface area contributed by atoms with Crippen molar-refractivity contribution in [2.75, 3.05) is 12.3 Å². The third-order valence-electron chi connectivity index (χ3n) is 5.95. The molecule has 0 aromatic heterocycles. The van der Waals surface area contributed by atoms with Crippen LogP contribution in [0.5, 0.6) is 0 Å². The normalized spacial score (nSPS) is 11.9. The molecule has 1 atom stereocenters. The van der Waals surface area contributed by atoms with E-state index in [2.05, 4.69) is 27.7 Å². The third-order valence-corrected chi connectivity index (χ3v) is 9.23. The summed E-state index contributed by atoms with van der Waals surface area (Å²) in [6, 6.07) is 0. The number of hydrogen-bond donors (Lipinski definition) is 1. The van der Waals surface area contributed by atoms with Crippen LogP contribution >= 0.6 is 7.92 Å². The maximum Gasteiger partial charge on any atom is 0.300 e. The summed E-state index contributed by atoms with van der Waals surface area (Å²) in [5, 5.41) is 7.42. The van der Waals surface area contributed by atoms with Crippen LogP contribution in [0.4, 0.5) is 0 Å². The fraction of sp³-hybridized carbons (Fsp3) is 0.963. The second-order valence-corrected chi connectivity index (χ2v) is 12.1. The minimum Gasteiger partial charge on any atom is -0.481 e. The Balaban J connectivity index is 0. The minimum atomic E-state index is -0.833. The van der Waals surface area contributed by atoms with Crippen molar-refractivity contribution < 1.29 is 9.90 Å². The van der Waals surface area contributed by atoms with Gasteiger partial charge >= 0.3 is 0 Å². The first-order valence-corrected chi connectivity index (χ1v) is 15.2. The molecule has 0 aromatic carbocycles. The van der Waals surface area contributed by atoms with E-state index >= 15 is 0 Å². The van der Waals surface area contributed by atoms with Crippen LogP contribution in [0.2, 0.25) is 0 Å². The largest absolute Gasteiger partial charge is 0.481 e. The Hall–Kier alpha value is -0.100. The van der Waals surface area contributed by atoms with Gasteiger partial charge in [0.15, 0.2) is 0 Å². The van der Waals surface area contributed by atoms with E-state index in [9.17, 15) is 0 Å². The van der Waals surface area contributed by atoms with Gasteiger partial charge in [0, 0.05) is 6.92 Å². The molecule has 1 N–H and O–H groups in total. The van der Waals surface area contributed by atoms with Gasteiger partial charge in [-0.3, -0.25) is 4.79 Å². The van der Waals surface area contributed by atoms with E-state index in [4.69, 9.17) is 9.90 Å². The van der Waals surface area contributed by atoms with Crippen LogP contribution < -0.4 is 0 Å². The summed E-state index contributed by atoms with van der Waals surface area (Å²) in [5.74, 6) is -0.833. The van der Waals surface area contributed by atoms with Crippen molar-refractivity contribution in [3.05, 3.63) is 0 Å². The van der Waals surface area contributed by atoms with Gasteiger partial charge in [-0.15, -0.1) is 7.92 Å². The maximum absolute atomic E-state index is 9.00. The van der Waals surface area contributed by atoms with Crippen molar-refractivity contribution in [3.63, 3.8) is 0 Å². The lowest BCUT2D eigenvalue weighted by atomic mass is 10.1. The summed E-state index contributed by atoms with van der Waals surface area (Å²) in [6.45, 7) is 10.6. The number of carboxylic acids is 1. The van der Waals surface area contributed by atoms with Gasteiger partial charge in [0.25, 0.3) is 5.97 Å². The molecule has 0 aliphatic heterocycles. The molecule has 0 spiro atoms. The second kappa shape index (κ2) is 26.9. The molecule has 0 heterocycles. The summed E-state index contributed by atoms with van der Waals surface area (Å²) >= 11 is 0. The molecule has 0 amide bonds. The van der Waals surface area contributed by atoms with Gasteiger partial charge in [-0.05, 0) is 37.2 Å². The molecule has 1 unspecified atom stereocenters. The lowest BCUT2D eigenvalue weighted by molar-refractivity contribution is -0.134. The van der Waals surface area contributed by atoms with Crippen LogP contribution in [-0.2, 0) is 4.79 Å². The highest BCUT2D eigenvalue weighted by Gasteiger charge is 2.15. The molecule has 0 saturated heterocycles. The van der Waals surface area contributed by atoms with E-state index in [0.717, 1.165) is 12.6 Å². The predicted octanol–water partition coefficient (Wildman–Crippen LogP) is 10.0. The van der Waals surface area contributed by atoms with E-state index in [1.54, 1.807) is 12.3 Å². The molecule has 0 aliphatic carbocycles. The van der Waals surface area contributed by atoms with Gasteiger partial charge in [0.05, 0.1) is 0 Å². The lowest BCUT2D eigenvalue weighted by Crippen LogP contribution is -2.06. The summed E-state index contributed by atoms with van der Waals surface area (Å²) in [7, 11) is 0.305. The fourth-order valence-corrected chi connectivity index (χ4v) is 6.88. The molecule has 182 valence electrons. The zero-order chi connectivity index (χ0) is 22.9. The quantitative estimate of drug-likeness (QED) is 0.141. The molecule has 0 radical (unpaired) electrons. The Bertz CT molecular complexity index is 313. The molecule has 0 fully saturated rings. The first-order chi connectivity index (χ1) is 14.5. The van der Waals surface area contributed by atoms with Gasteiger partial charge in [-0.1, -0.05) is 124 Å². The SMILES string of the molecule is CC(=O)O.CCCCCCCCP(CCCCCCCC)C(C)CCCCCCC. The number of hydrogen-bond acceptors (Lipinski definition) is 1. The van der Waals surface area contributed by atoms with Crippen LogP contribution in [0.25, 0.3) is 0 Å². The van der Waals surface area contributed by atoms with E-state index in [-0.39, 0.29) is 0 Å². The van der Waals surface area contributed by atoms with Gasteiger partial charge in [-0.2, -0.15) is 0 Å². The summed E-state index contributed by atoms with van der Waals surface area (Å²) in [5.41, 5.74) is 1.03. The van der Waals surface area contributed by atoms with Gasteiger partial charge in [0.2, 0.25) is 0 Å². The Morgan fingerprint density at radius 2 is 0.933 bits per heavy atom. The first-order valence-electron chi connectivity index (χ1n) is 13.4. The minimum absolute atomic E-state index is 0.305. The van der Waals surface area contributed by atoms with Gasteiger partial charge in [-0.25, -0.2) is 0 Å². The molecular weight excluding hydrogens is 387 g/mol. The molecule has 0 aliphatic rings. The molecule has 0 aromatic rings. The van der Waals surface area contributed by atoms with E-state index < -0.39 is 5.97 Å². The zero-order valence-corrected chi connectivity index (χ0v) is 22.4. The molecule has 0 rings (SSSR count). The van der Waals surface area contributed by atoms with Crippen LogP contribution in [-0.4, -0.2) is 29.1 Å². The Morgan fingerprint density at radius 3 is 1.30 bits per heavy atom. The average molecular weight is 445 g/mol. The second-order valence-electron chi connectivity index (χ2n) is 9.14. The van der Waals surface area contributed by atoms with Crippen molar-refractivity contribution in [2.24, 2.45) is 0 Å². The van der Waals surface area contributed by atoms with Crippen LogP contribution in [0.15, 0.2) is 0 Å². The molecular formula is C27H57O2P. The maximum atomic E-state index is 9.00. The highest BCUT2D eigenvalue weighted by molar-refractivity contribution is 7.58. The zero-order valence-electron chi connectivity index (χ0n) is 21.5. The van der Waals surface area contributed by atoms with Crippen LogP contribution in [0.1, 0.15) is 150 Å². The molecule has 0 saturated carbocycles. The highest BCUT2D eigenvalue weighted by Crippen LogP contribution is 2.45. The van der Waals surface area contributed by atoms with Crippen molar-refractivity contribution in [2.45, 2.75) is 156 Å². The standard InChI is InChI=1S/C25H53P.C2H4O2/c1-5-8-11-14-17-20-23-26(24-21-18-15-12-9-6-2)25(4)22-19-16-13-10-7-3;1-2(3)4/h25H,5-24H2,1-4H3;1H3,(H,3,4). The molecule has 3 heteroatoms. The first kappa shape index (κ1) is 32.1. The smallest absolute Gasteiger partial charge is 0.300 e. The van der Waals surface area contributed by atoms with Crippen molar-refractivity contribution in [3.8, 4) is 0 Å². The Labute approximate surface area is 192 Å². The fourth-order valence-electron chi connectivity index (χ4n) is 3.97. The van der Waals surface area contributed by atoms with E-state index in [1.165, 1.54) is 116 Å². The van der Waals surface area contributed by atoms with Gasteiger partial charge in [0.1, 0.15) is 0 Å². The third kappa shape index (κ3) is 27.9. The predicted molar refractivity (Wildman–Crippen MR) is 140 cm³/mol. The van der Waals surface area contributed by atoms with Crippen LogP contribution in [0, 0.1) is 0 Å². The Kier molecular flexibility index (Phi) is 28.8. The molecule has 2 nitrogen and oxygen atoms in total. The Morgan fingerprint density at radius 1 is 0.633 bits per heavy atom. The van der Waals surface area contributed by atoms with Crippen molar-refractivity contribution in [1.82, 2.24) is 0 Å². The monoisotopic (exact) mass is 444 g/mol. The summed E-state index contributed by atoms with van der Waals surface area (Å²) in [6.07, 6.45) is 29.5. The van der Waals surface area contributed by atoms with E-state index in [0.29, 0.717) is 7.92 Å². The van der Waals surface area contributed by atoms with Gasteiger partial charge < -0.3 is 5.11 Å². The average Bonchev–Trinajstić information content (AvgIpc) is 2.70. The van der Waals surface area contributed by atoms with E-state index in [1.807, 2.05) is 0 Å². The lowest BCUT2D eigenvalue weighted by Gasteiger charge is -2.25. The topological polar surface area (TPSA) is 37.3 Å². The number of aliphatic carboxylic acids is 1. The van der Waals surface area contributed by atoms with Crippen molar-refractivity contribution >= 4 is 13.9 Å². The molecule has 0 bridgehead atoms. The number of carboxylic acid groups (broad SMARTS) is 1. The number of unbranched alkanes of at least 4 members (excludes halogenated alkanes) is 14. The highest BCUT2D eigenvalue weighted by atomic mass is 31.1. The number of carbonyl (C=O) groups is 1. The van der Waals surface area contributed by atoms with Crippen molar-refractivity contribution in [1.29, 1.82) is 0 Å². The van der Waals surface area contributed by atoms with Crippen LogP contribution in [0.3, 0.4) is 0 Å². The molecule has 30 heavy (non-hydrogen) atoms. The number of rotatable bonds is 21. The summed E-state index contributed by atoms with van der Waals surface area (Å²) in [4.78, 5) is 9.00. The summed E-state index contributed by atoms with van der Waals surface area (Å²) < 4.78 is 0.